The van der Waals surface area contributed by atoms with Crippen LogP contribution in [0.15, 0.2) is 53.0 Å². The zero-order valence-corrected chi connectivity index (χ0v) is 15.7. The fourth-order valence-electron chi connectivity index (χ4n) is 3.10. The lowest BCUT2D eigenvalue weighted by Crippen LogP contribution is -2.49. The number of hydrogen-bond acceptors (Lipinski definition) is 3. The highest BCUT2D eigenvalue weighted by molar-refractivity contribution is 9.10. The van der Waals surface area contributed by atoms with Gasteiger partial charge in [-0.05, 0) is 54.9 Å². The molecule has 1 unspecified atom stereocenters. The summed E-state index contributed by atoms with van der Waals surface area (Å²) in [6.45, 7) is 1.74. The van der Waals surface area contributed by atoms with Crippen LogP contribution in [0.2, 0.25) is 0 Å². The van der Waals surface area contributed by atoms with Crippen LogP contribution in [-0.2, 0) is 0 Å². The molecule has 1 aliphatic rings. The zero-order valence-electron chi connectivity index (χ0n) is 14.1. The lowest BCUT2D eigenvalue weighted by molar-refractivity contribution is 0.242. The van der Waals surface area contributed by atoms with Crippen molar-refractivity contribution in [3.05, 3.63) is 58.6 Å². The van der Waals surface area contributed by atoms with Crippen molar-refractivity contribution in [2.75, 3.05) is 25.5 Å². The van der Waals surface area contributed by atoms with E-state index in [1.54, 1.807) is 7.11 Å². The SMILES string of the molecule is COc1ccc([C@@H]2CNCCC2NC(=O)Nc2ccc(Br)cc2)cc1. The lowest BCUT2D eigenvalue weighted by atomic mass is 9.87. The van der Waals surface area contributed by atoms with Gasteiger partial charge in [-0.3, -0.25) is 0 Å². The van der Waals surface area contributed by atoms with Crippen molar-refractivity contribution in [3.63, 3.8) is 0 Å². The first-order valence-electron chi connectivity index (χ1n) is 8.33. The highest BCUT2D eigenvalue weighted by Gasteiger charge is 2.27. The molecule has 1 saturated heterocycles. The lowest BCUT2D eigenvalue weighted by Gasteiger charge is -2.33. The zero-order chi connectivity index (χ0) is 17.6. The second kappa shape index (κ2) is 8.36. The van der Waals surface area contributed by atoms with Crippen molar-refractivity contribution >= 4 is 27.6 Å². The molecule has 0 saturated carbocycles. The number of carbonyl (C=O) groups is 1. The first-order valence-corrected chi connectivity index (χ1v) is 9.13. The number of rotatable bonds is 4. The fourth-order valence-corrected chi connectivity index (χ4v) is 3.37. The summed E-state index contributed by atoms with van der Waals surface area (Å²) in [4.78, 5) is 12.4. The predicted molar refractivity (Wildman–Crippen MR) is 103 cm³/mol. The van der Waals surface area contributed by atoms with E-state index in [4.69, 9.17) is 4.74 Å². The average molecular weight is 404 g/mol. The fraction of sp³-hybridized carbons (Fsp3) is 0.316. The summed E-state index contributed by atoms with van der Waals surface area (Å²) < 4.78 is 6.21. The number of ether oxygens (including phenoxy) is 1. The molecular weight excluding hydrogens is 382 g/mol. The molecule has 1 heterocycles. The molecule has 25 heavy (non-hydrogen) atoms. The number of methoxy groups -OCH3 is 1. The maximum atomic E-state index is 12.4. The number of benzene rings is 2. The highest BCUT2D eigenvalue weighted by Crippen LogP contribution is 2.26. The summed E-state index contributed by atoms with van der Waals surface area (Å²) in [6.07, 6.45) is 0.893. The van der Waals surface area contributed by atoms with E-state index in [0.717, 1.165) is 35.4 Å². The minimum absolute atomic E-state index is 0.0880. The van der Waals surface area contributed by atoms with Crippen LogP contribution in [0.1, 0.15) is 17.9 Å². The minimum atomic E-state index is -0.173. The van der Waals surface area contributed by atoms with Gasteiger partial charge >= 0.3 is 6.03 Å². The average Bonchev–Trinajstić information content (AvgIpc) is 2.64. The molecule has 1 fully saturated rings. The molecule has 0 radical (unpaired) electrons. The summed E-state index contributed by atoms with van der Waals surface area (Å²) in [5, 5.41) is 9.43. The molecule has 2 aromatic carbocycles. The van der Waals surface area contributed by atoms with Crippen molar-refractivity contribution in [2.45, 2.75) is 18.4 Å². The van der Waals surface area contributed by atoms with Crippen LogP contribution in [0.25, 0.3) is 0 Å². The van der Waals surface area contributed by atoms with Gasteiger partial charge in [-0.15, -0.1) is 0 Å². The van der Waals surface area contributed by atoms with Crippen LogP contribution >= 0.6 is 15.9 Å². The Labute approximate surface area is 156 Å². The van der Waals surface area contributed by atoms with Gasteiger partial charge in [-0.2, -0.15) is 0 Å². The van der Waals surface area contributed by atoms with E-state index in [2.05, 4.69) is 44.0 Å². The maximum absolute atomic E-state index is 12.4. The number of amides is 2. The van der Waals surface area contributed by atoms with E-state index < -0.39 is 0 Å². The van der Waals surface area contributed by atoms with Gasteiger partial charge < -0.3 is 20.7 Å². The molecule has 0 aromatic heterocycles. The predicted octanol–water partition coefficient (Wildman–Crippen LogP) is 3.72. The van der Waals surface area contributed by atoms with Gasteiger partial charge in [-0.25, -0.2) is 4.79 Å². The van der Waals surface area contributed by atoms with Crippen LogP contribution in [-0.4, -0.2) is 32.3 Å². The number of urea groups is 1. The number of carbonyl (C=O) groups excluding carboxylic acids is 1. The Morgan fingerprint density at radius 3 is 2.56 bits per heavy atom. The summed E-state index contributed by atoms with van der Waals surface area (Å²) in [5.41, 5.74) is 1.97. The van der Waals surface area contributed by atoms with E-state index in [-0.39, 0.29) is 18.0 Å². The molecular formula is C19H22BrN3O2. The Morgan fingerprint density at radius 1 is 1.16 bits per heavy atom. The molecule has 2 amide bonds. The summed E-state index contributed by atoms with van der Waals surface area (Å²) >= 11 is 3.39. The molecule has 3 N–H and O–H groups in total. The Hall–Kier alpha value is -2.05. The van der Waals surface area contributed by atoms with Crippen molar-refractivity contribution in [3.8, 4) is 5.75 Å². The first-order chi connectivity index (χ1) is 12.2. The number of nitrogens with one attached hydrogen (secondary N) is 3. The summed E-state index contributed by atoms with van der Waals surface area (Å²) in [6, 6.07) is 15.5. The van der Waals surface area contributed by atoms with Gasteiger partial charge in [0.2, 0.25) is 0 Å². The van der Waals surface area contributed by atoms with E-state index >= 15 is 0 Å². The van der Waals surface area contributed by atoms with Crippen LogP contribution in [0.5, 0.6) is 5.75 Å². The van der Waals surface area contributed by atoms with Gasteiger partial charge in [0, 0.05) is 28.7 Å². The molecule has 6 heteroatoms. The molecule has 5 nitrogen and oxygen atoms in total. The smallest absolute Gasteiger partial charge is 0.319 e. The van der Waals surface area contributed by atoms with E-state index in [1.165, 1.54) is 5.56 Å². The van der Waals surface area contributed by atoms with Crippen molar-refractivity contribution in [2.24, 2.45) is 0 Å². The van der Waals surface area contributed by atoms with Crippen LogP contribution in [0, 0.1) is 0 Å². The highest BCUT2D eigenvalue weighted by atomic mass is 79.9. The third kappa shape index (κ3) is 4.74. The van der Waals surface area contributed by atoms with Gasteiger partial charge in [0.15, 0.2) is 0 Å². The standard InChI is InChI=1S/C19H22BrN3O2/c1-25-16-8-2-13(3-9-16)17-12-21-11-10-18(17)23-19(24)22-15-6-4-14(20)5-7-15/h2-9,17-18,21H,10-12H2,1H3,(H2,22,23,24)/t17-,18?/m0/s1. The monoisotopic (exact) mass is 403 g/mol. The molecule has 0 aliphatic carbocycles. The molecule has 0 bridgehead atoms. The summed E-state index contributed by atoms with van der Waals surface area (Å²) in [7, 11) is 1.66. The van der Waals surface area contributed by atoms with Crippen molar-refractivity contribution in [1.82, 2.24) is 10.6 Å². The van der Waals surface area contributed by atoms with Gasteiger partial charge in [0.25, 0.3) is 0 Å². The van der Waals surface area contributed by atoms with Crippen molar-refractivity contribution in [1.29, 1.82) is 0 Å². The maximum Gasteiger partial charge on any atom is 0.319 e. The topological polar surface area (TPSA) is 62.4 Å². The number of piperidine rings is 1. The summed E-state index contributed by atoms with van der Waals surface area (Å²) in [5.74, 6) is 1.07. The Bertz CT molecular complexity index is 704. The Kier molecular flexibility index (Phi) is 5.94. The van der Waals surface area contributed by atoms with Crippen LogP contribution in [0.4, 0.5) is 10.5 Å². The first kappa shape index (κ1) is 17.8. The third-order valence-electron chi connectivity index (χ3n) is 4.44. The normalized spacial score (nSPS) is 19.9. The molecule has 3 rings (SSSR count). The van der Waals surface area contributed by atoms with Crippen molar-refractivity contribution < 1.29 is 9.53 Å². The van der Waals surface area contributed by atoms with E-state index in [0.29, 0.717) is 0 Å². The molecule has 2 atom stereocenters. The molecule has 132 valence electrons. The molecule has 1 aliphatic heterocycles. The number of hydrogen-bond donors (Lipinski definition) is 3. The molecule has 2 aromatic rings. The van der Waals surface area contributed by atoms with Gasteiger partial charge in [0.05, 0.1) is 7.11 Å². The second-order valence-electron chi connectivity index (χ2n) is 6.08. The van der Waals surface area contributed by atoms with Crippen LogP contribution in [0.3, 0.4) is 0 Å². The Morgan fingerprint density at radius 2 is 1.88 bits per heavy atom. The largest absolute Gasteiger partial charge is 0.497 e. The van der Waals surface area contributed by atoms with Gasteiger partial charge in [-0.1, -0.05) is 28.1 Å². The van der Waals surface area contributed by atoms with Gasteiger partial charge in [0.1, 0.15) is 5.75 Å². The Balaban J connectivity index is 1.65. The second-order valence-corrected chi connectivity index (χ2v) is 7.00. The number of anilines is 1. The number of halogens is 1. The minimum Gasteiger partial charge on any atom is -0.497 e. The van der Waals surface area contributed by atoms with E-state index in [1.807, 2.05) is 36.4 Å². The third-order valence-corrected chi connectivity index (χ3v) is 4.97. The van der Waals surface area contributed by atoms with Crippen LogP contribution < -0.4 is 20.7 Å². The molecule has 0 spiro atoms. The van der Waals surface area contributed by atoms with E-state index in [9.17, 15) is 4.79 Å². The quantitative estimate of drug-likeness (QED) is 0.728.